The molecule has 0 atom stereocenters. The number of hydrogen-bond donors (Lipinski definition) is 1. The molecule has 1 N–H and O–H groups in total. The number of nitrogens with one attached hydrogen (secondary N) is 1. The van der Waals surface area contributed by atoms with Crippen LogP contribution in [0.4, 0.5) is 18.9 Å². The number of benzene rings is 1. The summed E-state index contributed by atoms with van der Waals surface area (Å²) in [6, 6.07) is 2.96. The summed E-state index contributed by atoms with van der Waals surface area (Å²) in [6.45, 7) is 2.04. The molecule has 146 valence electrons. The zero-order valence-electron chi connectivity index (χ0n) is 15.6. The molecule has 0 saturated carbocycles. The highest BCUT2D eigenvalue weighted by molar-refractivity contribution is 5.95. The number of rotatable bonds is 3. The largest absolute Gasteiger partial charge is 0.496 e. The summed E-state index contributed by atoms with van der Waals surface area (Å²) in [7, 11) is 3.39. The Hall–Kier alpha value is -2.02. The van der Waals surface area contributed by atoms with E-state index in [-0.39, 0.29) is 5.75 Å². The Morgan fingerprint density at radius 3 is 2.59 bits per heavy atom. The summed E-state index contributed by atoms with van der Waals surface area (Å²) in [5, 5.41) is 4.37. The zero-order chi connectivity index (χ0) is 19.2. The van der Waals surface area contributed by atoms with Crippen LogP contribution in [0.15, 0.2) is 12.1 Å². The molecule has 1 aliphatic carbocycles. The number of nitrogens with zero attached hydrogens (tertiary/aromatic N) is 2. The Morgan fingerprint density at radius 2 is 1.93 bits per heavy atom. The molecular weight excluding hydrogens is 355 g/mol. The highest BCUT2D eigenvalue weighted by Crippen LogP contribution is 2.42. The minimum Gasteiger partial charge on any atom is -0.496 e. The van der Waals surface area contributed by atoms with E-state index in [0.29, 0.717) is 11.6 Å². The summed E-state index contributed by atoms with van der Waals surface area (Å²) >= 11 is 0. The van der Waals surface area contributed by atoms with E-state index in [1.165, 1.54) is 13.2 Å². The third-order valence-electron chi connectivity index (χ3n) is 5.71. The van der Waals surface area contributed by atoms with Gasteiger partial charge in [0.25, 0.3) is 0 Å². The summed E-state index contributed by atoms with van der Waals surface area (Å²) in [5.41, 5.74) is 2.65. The van der Waals surface area contributed by atoms with Crippen molar-refractivity contribution in [1.29, 1.82) is 0 Å². The van der Waals surface area contributed by atoms with Gasteiger partial charge < -0.3 is 15.0 Å². The first-order valence-corrected chi connectivity index (χ1v) is 9.42. The number of fused-ring (bicyclic) bond motifs is 2. The normalized spacial score (nSPS) is 18.7. The minimum atomic E-state index is -4.47. The van der Waals surface area contributed by atoms with Gasteiger partial charge in [-0.3, -0.25) is 4.98 Å². The molecule has 1 aromatic heterocycles. The standard InChI is InChI=1S/C20H24F3N3O/c1-26-8-6-12(7-9-26)24-19-13-4-3-5-16(13)25-17-11-15(20(21,22)23)18(27-2)10-14(17)19/h10-12H,3-9H2,1-2H3,(H,24,25). The summed E-state index contributed by atoms with van der Waals surface area (Å²) < 4.78 is 45.3. The number of aryl methyl sites for hydroxylation is 1. The first kappa shape index (κ1) is 18.3. The molecule has 27 heavy (non-hydrogen) atoms. The molecule has 2 heterocycles. The third-order valence-corrected chi connectivity index (χ3v) is 5.71. The lowest BCUT2D eigenvalue weighted by atomic mass is 10.0. The summed E-state index contributed by atoms with van der Waals surface area (Å²) in [6.07, 6.45) is 0.294. The lowest BCUT2D eigenvalue weighted by Crippen LogP contribution is -2.37. The second-order valence-electron chi connectivity index (χ2n) is 7.55. The molecule has 1 saturated heterocycles. The Balaban J connectivity index is 1.83. The van der Waals surface area contributed by atoms with Crippen LogP contribution >= 0.6 is 0 Å². The van der Waals surface area contributed by atoms with Crippen molar-refractivity contribution in [2.75, 3.05) is 32.6 Å². The third kappa shape index (κ3) is 3.45. The van der Waals surface area contributed by atoms with Crippen LogP contribution < -0.4 is 10.1 Å². The van der Waals surface area contributed by atoms with Crippen molar-refractivity contribution < 1.29 is 17.9 Å². The maximum atomic E-state index is 13.4. The van der Waals surface area contributed by atoms with Crippen LogP contribution in [0.1, 0.15) is 36.1 Å². The van der Waals surface area contributed by atoms with Crippen LogP contribution in [-0.2, 0) is 19.0 Å². The number of hydrogen-bond acceptors (Lipinski definition) is 4. The highest BCUT2D eigenvalue weighted by Gasteiger charge is 2.35. The topological polar surface area (TPSA) is 37.4 Å². The molecule has 2 aliphatic rings. The number of likely N-dealkylation sites (tertiary alicyclic amines) is 1. The second-order valence-corrected chi connectivity index (χ2v) is 7.55. The molecule has 4 rings (SSSR count). The van der Waals surface area contributed by atoms with Gasteiger partial charge in [0, 0.05) is 22.8 Å². The lowest BCUT2D eigenvalue weighted by Gasteiger charge is -2.31. The Kier molecular flexibility index (Phi) is 4.66. The fraction of sp³-hybridized carbons (Fsp3) is 0.550. The van der Waals surface area contributed by atoms with Gasteiger partial charge in [0.1, 0.15) is 5.75 Å². The molecule has 0 amide bonds. The van der Waals surface area contributed by atoms with Crippen molar-refractivity contribution in [2.45, 2.75) is 44.3 Å². The first-order valence-electron chi connectivity index (χ1n) is 9.42. The number of methoxy groups -OCH3 is 1. The van der Waals surface area contributed by atoms with Crippen LogP contribution in [-0.4, -0.2) is 43.2 Å². The van der Waals surface area contributed by atoms with E-state index < -0.39 is 11.7 Å². The Morgan fingerprint density at radius 1 is 1.19 bits per heavy atom. The molecule has 0 bridgehead atoms. The summed E-state index contributed by atoms with van der Waals surface area (Å²) in [4.78, 5) is 6.86. The molecule has 1 aromatic carbocycles. The smallest absolute Gasteiger partial charge is 0.420 e. The van der Waals surface area contributed by atoms with Crippen LogP contribution in [0.25, 0.3) is 10.9 Å². The van der Waals surface area contributed by atoms with E-state index in [9.17, 15) is 13.2 Å². The van der Waals surface area contributed by atoms with Crippen molar-refractivity contribution in [3.63, 3.8) is 0 Å². The van der Waals surface area contributed by atoms with E-state index >= 15 is 0 Å². The summed E-state index contributed by atoms with van der Waals surface area (Å²) in [5.74, 6) is -0.152. The molecule has 1 fully saturated rings. The first-order chi connectivity index (χ1) is 12.9. The van der Waals surface area contributed by atoms with Crippen LogP contribution in [0.5, 0.6) is 5.75 Å². The monoisotopic (exact) mass is 379 g/mol. The molecule has 0 spiro atoms. The fourth-order valence-electron chi connectivity index (χ4n) is 4.20. The molecule has 4 nitrogen and oxygen atoms in total. The zero-order valence-corrected chi connectivity index (χ0v) is 15.6. The predicted octanol–water partition coefficient (Wildman–Crippen LogP) is 4.26. The van der Waals surface area contributed by atoms with Gasteiger partial charge in [0.05, 0.1) is 18.2 Å². The van der Waals surface area contributed by atoms with Crippen molar-refractivity contribution in [3.8, 4) is 5.75 Å². The van der Waals surface area contributed by atoms with Gasteiger partial charge >= 0.3 is 6.18 Å². The van der Waals surface area contributed by atoms with Gasteiger partial charge in [0.15, 0.2) is 0 Å². The molecule has 0 unspecified atom stereocenters. The molecule has 2 aromatic rings. The van der Waals surface area contributed by atoms with Gasteiger partial charge in [-0.1, -0.05) is 0 Å². The van der Waals surface area contributed by atoms with Crippen LogP contribution in [0.3, 0.4) is 0 Å². The lowest BCUT2D eigenvalue weighted by molar-refractivity contribution is -0.138. The SMILES string of the molecule is COc1cc2c(NC3CCN(C)CC3)c3c(nc2cc1C(F)(F)F)CCC3. The van der Waals surface area contributed by atoms with Gasteiger partial charge in [-0.2, -0.15) is 13.2 Å². The van der Waals surface area contributed by atoms with Gasteiger partial charge in [-0.15, -0.1) is 0 Å². The van der Waals surface area contributed by atoms with Gasteiger partial charge in [-0.25, -0.2) is 0 Å². The Bertz CT molecular complexity index is 858. The van der Waals surface area contributed by atoms with Crippen LogP contribution in [0.2, 0.25) is 0 Å². The van der Waals surface area contributed by atoms with E-state index in [4.69, 9.17) is 4.74 Å². The molecular formula is C20H24F3N3O. The molecule has 7 heteroatoms. The van der Waals surface area contributed by atoms with Crippen molar-refractivity contribution >= 4 is 16.6 Å². The number of piperidine rings is 1. The number of alkyl halides is 3. The van der Waals surface area contributed by atoms with E-state index in [1.54, 1.807) is 0 Å². The number of halogens is 3. The maximum absolute atomic E-state index is 13.4. The van der Waals surface area contributed by atoms with Crippen molar-refractivity contribution in [2.24, 2.45) is 0 Å². The van der Waals surface area contributed by atoms with Crippen LogP contribution in [0, 0.1) is 0 Å². The van der Waals surface area contributed by atoms with Gasteiger partial charge in [-0.05, 0) is 69.9 Å². The number of pyridine rings is 1. The highest BCUT2D eigenvalue weighted by atomic mass is 19.4. The van der Waals surface area contributed by atoms with E-state index in [1.807, 2.05) is 0 Å². The van der Waals surface area contributed by atoms with E-state index in [2.05, 4.69) is 22.2 Å². The predicted molar refractivity (Wildman–Crippen MR) is 99.5 cm³/mol. The molecule has 1 aliphatic heterocycles. The van der Waals surface area contributed by atoms with E-state index in [0.717, 1.165) is 73.6 Å². The van der Waals surface area contributed by atoms with Gasteiger partial charge in [0.2, 0.25) is 0 Å². The number of aromatic nitrogens is 1. The number of ether oxygens (including phenoxy) is 1. The second kappa shape index (κ2) is 6.86. The Labute approximate surface area is 156 Å². The minimum absolute atomic E-state index is 0.152. The quantitative estimate of drug-likeness (QED) is 0.865. The molecule has 0 radical (unpaired) electrons. The van der Waals surface area contributed by atoms with Crippen molar-refractivity contribution in [1.82, 2.24) is 9.88 Å². The fourth-order valence-corrected chi connectivity index (χ4v) is 4.20. The number of anilines is 1. The average molecular weight is 379 g/mol. The average Bonchev–Trinajstić information content (AvgIpc) is 3.09. The van der Waals surface area contributed by atoms with Crippen molar-refractivity contribution in [3.05, 3.63) is 29.0 Å². The maximum Gasteiger partial charge on any atom is 0.420 e.